The fourth-order valence-electron chi connectivity index (χ4n) is 2.34. The average Bonchev–Trinajstić information content (AvgIpc) is 3.05. The highest BCUT2D eigenvalue weighted by molar-refractivity contribution is 14.0. The van der Waals surface area contributed by atoms with Gasteiger partial charge in [0.05, 0.1) is 0 Å². The normalized spacial score (nSPS) is 11.7. The highest BCUT2D eigenvalue weighted by atomic mass is 127. The number of hydrogen-bond acceptors (Lipinski definition) is 1. The van der Waals surface area contributed by atoms with Crippen molar-refractivity contribution < 1.29 is 0 Å². The van der Waals surface area contributed by atoms with Crippen LogP contribution in [0.4, 0.5) is 0 Å². The number of aliphatic imine (C=N–C) groups is 1. The Kier molecular flexibility index (Phi) is 8.16. The molecule has 0 aliphatic heterocycles. The van der Waals surface area contributed by atoms with Gasteiger partial charge in [-0.25, -0.2) is 0 Å². The monoisotopic (exact) mass is 426 g/mol. The van der Waals surface area contributed by atoms with Crippen LogP contribution in [-0.2, 0) is 12.0 Å². The molecule has 5 heteroatoms. The van der Waals surface area contributed by atoms with Gasteiger partial charge in [0.15, 0.2) is 5.96 Å². The molecule has 0 unspecified atom stereocenters. The number of rotatable bonds is 6. The summed E-state index contributed by atoms with van der Waals surface area (Å²) in [6.07, 6.45) is 4.13. The second kappa shape index (κ2) is 9.60. The van der Waals surface area contributed by atoms with Crippen molar-refractivity contribution >= 4 is 29.9 Å². The van der Waals surface area contributed by atoms with Crippen LogP contribution in [0.25, 0.3) is 0 Å². The van der Waals surface area contributed by atoms with E-state index in [1.54, 1.807) is 7.05 Å². The molecule has 1 heterocycles. The van der Waals surface area contributed by atoms with E-state index in [4.69, 9.17) is 0 Å². The number of hydrogen-bond donors (Lipinski definition) is 2. The number of guanidine groups is 1. The van der Waals surface area contributed by atoms with Crippen molar-refractivity contribution in [2.45, 2.75) is 25.8 Å². The fourth-order valence-corrected chi connectivity index (χ4v) is 2.34. The van der Waals surface area contributed by atoms with Crippen LogP contribution in [-0.4, -0.2) is 30.7 Å². The number of benzene rings is 1. The lowest BCUT2D eigenvalue weighted by Crippen LogP contribution is -2.44. The first-order valence-corrected chi connectivity index (χ1v) is 7.72. The Bertz CT molecular complexity index is 576. The van der Waals surface area contributed by atoms with Crippen molar-refractivity contribution in [2.24, 2.45) is 4.99 Å². The molecule has 2 N–H and O–H groups in total. The molecule has 1 aromatic heterocycles. The number of nitrogens with zero attached hydrogens (tertiary/aromatic N) is 2. The van der Waals surface area contributed by atoms with Crippen molar-refractivity contribution in [1.29, 1.82) is 0 Å². The standard InChI is InChI=1S/C18H26N4.HI/c1-18(2,16-9-5-4-6-10-16)15-21-17(19-3)20-11-14-22-12-7-8-13-22;/h4-10,12-13H,11,14-15H2,1-3H3,(H2,19,20,21);1H. The van der Waals surface area contributed by atoms with Crippen LogP contribution in [0, 0.1) is 0 Å². The van der Waals surface area contributed by atoms with Gasteiger partial charge in [-0.05, 0) is 17.7 Å². The summed E-state index contributed by atoms with van der Waals surface area (Å²) in [6, 6.07) is 14.6. The van der Waals surface area contributed by atoms with Gasteiger partial charge in [0.2, 0.25) is 0 Å². The molecule has 0 radical (unpaired) electrons. The van der Waals surface area contributed by atoms with Crippen molar-refractivity contribution in [1.82, 2.24) is 15.2 Å². The van der Waals surface area contributed by atoms with Gasteiger partial charge >= 0.3 is 0 Å². The Morgan fingerprint density at radius 1 is 1.04 bits per heavy atom. The molecule has 0 atom stereocenters. The summed E-state index contributed by atoms with van der Waals surface area (Å²) in [4.78, 5) is 4.29. The summed E-state index contributed by atoms with van der Waals surface area (Å²) in [6.45, 7) is 7.08. The zero-order chi connectivity index (χ0) is 15.8. The summed E-state index contributed by atoms with van der Waals surface area (Å²) in [5, 5.41) is 6.77. The van der Waals surface area contributed by atoms with E-state index < -0.39 is 0 Å². The van der Waals surface area contributed by atoms with E-state index in [-0.39, 0.29) is 29.4 Å². The third kappa shape index (κ3) is 6.25. The third-order valence-corrected chi connectivity index (χ3v) is 3.81. The van der Waals surface area contributed by atoms with Gasteiger partial charge in [-0.15, -0.1) is 24.0 Å². The molecule has 4 nitrogen and oxygen atoms in total. The smallest absolute Gasteiger partial charge is 0.191 e. The van der Waals surface area contributed by atoms with E-state index >= 15 is 0 Å². The van der Waals surface area contributed by atoms with E-state index in [0.29, 0.717) is 0 Å². The van der Waals surface area contributed by atoms with Gasteiger partial charge in [0.1, 0.15) is 0 Å². The molecule has 0 aliphatic carbocycles. The minimum absolute atomic E-state index is 0. The Labute approximate surface area is 156 Å². The first kappa shape index (κ1) is 19.5. The summed E-state index contributed by atoms with van der Waals surface area (Å²) >= 11 is 0. The minimum atomic E-state index is 0. The molecule has 1 aromatic carbocycles. The zero-order valence-corrected chi connectivity index (χ0v) is 16.5. The fraction of sp³-hybridized carbons (Fsp3) is 0.389. The lowest BCUT2D eigenvalue weighted by atomic mass is 9.85. The molecular weight excluding hydrogens is 399 g/mol. The van der Waals surface area contributed by atoms with E-state index in [1.165, 1.54) is 5.56 Å². The molecule has 0 saturated heterocycles. The molecule has 0 bridgehead atoms. The van der Waals surface area contributed by atoms with Gasteiger partial charge in [-0.1, -0.05) is 44.2 Å². The van der Waals surface area contributed by atoms with E-state index in [0.717, 1.165) is 25.6 Å². The first-order valence-electron chi connectivity index (χ1n) is 7.72. The van der Waals surface area contributed by atoms with Gasteiger partial charge in [0.25, 0.3) is 0 Å². The number of aromatic nitrogens is 1. The van der Waals surface area contributed by atoms with Gasteiger partial charge < -0.3 is 15.2 Å². The Hall–Kier alpha value is -1.50. The predicted octanol–water partition coefficient (Wildman–Crippen LogP) is 3.25. The molecule has 126 valence electrons. The Morgan fingerprint density at radius 2 is 1.70 bits per heavy atom. The van der Waals surface area contributed by atoms with Crippen LogP contribution in [0.3, 0.4) is 0 Å². The summed E-state index contributed by atoms with van der Waals surface area (Å²) in [5.74, 6) is 0.844. The van der Waals surface area contributed by atoms with E-state index in [2.05, 4.69) is 76.8 Å². The average molecular weight is 426 g/mol. The Balaban J connectivity index is 0.00000264. The molecule has 2 aromatic rings. The molecule has 0 saturated carbocycles. The van der Waals surface area contributed by atoms with Crippen LogP contribution in [0.2, 0.25) is 0 Å². The maximum Gasteiger partial charge on any atom is 0.191 e. The lowest BCUT2D eigenvalue weighted by Gasteiger charge is -2.26. The second-order valence-corrected chi connectivity index (χ2v) is 6.02. The van der Waals surface area contributed by atoms with Gasteiger partial charge in [-0.3, -0.25) is 4.99 Å². The van der Waals surface area contributed by atoms with Gasteiger partial charge in [-0.2, -0.15) is 0 Å². The van der Waals surface area contributed by atoms with Gasteiger partial charge in [0, 0.05) is 44.5 Å². The molecule has 2 rings (SSSR count). The van der Waals surface area contributed by atoms with E-state index in [9.17, 15) is 0 Å². The molecule has 0 amide bonds. The topological polar surface area (TPSA) is 41.4 Å². The lowest BCUT2D eigenvalue weighted by molar-refractivity contribution is 0.507. The molecule has 23 heavy (non-hydrogen) atoms. The summed E-state index contributed by atoms with van der Waals surface area (Å²) < 4.78 is 2.15. The quantitative estimate of drug-likeness (QED) is 0.423. The largest absolute Gasteiger partial charge is 0.356 e. The van der Waals surface area contributed by atoms with Crippen LogP contribution in [0.1, 0.15) is 19.4 Å². The molecular formula is C18H27IN4. The molecule has 0 fully saturated rings. The van der Waals surface area contributed by atoms with E-state index in [1.807, 2.05) is 12.1 Å². The summed E-state index contributed by atoms with van der Waals surface area (Å²) in [5.41, 5.74) is 1.38. The number of nitrogens with one attached hydrogen (secondary N) is 2. The summed E-state index contributed by atoms with van der Waals surface area (Å²) in [7, 11) is 1.81. The molecule has 0 spiro atoms. The Morgan fingerprint density at radius 3 is 2.30 bits per heavy atom. The van der Waals surface area contributed by atoms with Crippen LogP contribution >= 0.6 is 24.0 Å². The highest BCUT2D eigenvalue weighted by Gasteiger charge is 2.20. The zero-order valence-electron chi connectivity index (χ0n) is 14.1. The number of halogens is 1. The van der Waals surface area contributed by atoms with Crippen molar-refractivity contribution in [3.05, 3.63) is 60.4 Å². The maximum absolute atomic E-state index is 4.29. The van der Waals surface area contributed by atoms with Crippen LogP contribution in [0.15, 0.2) is 59.9 Å². The van der Waals surface area contributed by atoms with Crippen molar-refractivity contribution in [3.63, 3.8) is 0 Å². The third-order valence-electron chi connectivity index (χ3n) is 3.81. The van der Waals surface area contributed by atoms with Crippen LogP contribution < -0.4 is 10.6 Å². The maximum atomic E-state index is 4.29. The first-order chi connectivity index (χ1) is 10.6. The SMILES string of the molecule is CN=C(NCCn1cccc1)NCC(C)(C)c1ccccc1.I. The van der Waals surface area contributed by atoms with Crippen molar-refractivity contribution in [2.75, 3.05) is 20.1 Å². The van der Waals surface area contributed by atoms with Crippen molar-refractivity contribution in [3.8, 4) is 0 Å². The predicted molar refractivity (Wildman–Crippen MR) is 109 cm³/mol. The molecule has 0 aliphatic rings. The minimum Gasteiger partial charge on any atom is -0.356 e. The second-order valence-electron chi connectivity index (χ2n) is 6.02. The highest BCUT2D eigenvalue weighted by Crippen LogP contribution is 2.21. The van der Waals surface area contributed by atoms with Crippen LogP contribution in [0.5, 0.6) is 0 Å².